The van der Waals surface area contributed by atoms with Gasteiger partial charge in [-0.05, 0) is 70.2 Å². The molecule has 244 valence electrons. The molecule has 0 radical (unpaired) electrons. The van der Waals surface area contributed by atoms with E-state index in [0.717, 1.165) is 43.2 Å². The van der Waals surface area contributed by atoms with E-state index in [1.807, 2.05) is 32.0 Å². The average molecular weight is 619 g/mol. The van der Waals surface area contributed by atoms with Gasteiger partial charge in [0.2, 0.25) is 11.8 Å². The van der Waals surface area contributed by atoms with E-state index in [0.29, 0.717) is 23.2 Å². The predicted octanol–water partition coefficient (Wildman–Crippen LogP) is 6.31. The topological polar surface area (TPSA) is 131 Å². The Balaban J connectivity index is 2.63. The summed E-state index contributed by atoms with van der Waals surface area (Å²) in [4.78, 5) is 55.0. The normalized spacial score (nSPS) is 12.4. The smallest absolute Gasteiger partial charge is 0.408 e. The molecule has 4 N–H and O–H groups in total. The van der Waals surface area contributed by atoms with Gasteiger partial charge < -0.3 is 26.0 Å². The highest BCUT2D eigenvalue weighted by atomic mass is 16.6. The van der Waals surface area contributed by atoms with Gasteiger partial charge >= 0.3 is 6.09 Å². The maximum atomic E-state index is 14.5. The number of alkyl carbamates (subject to hydrolysis) is 1. The lowest BCUT2D eigenvalue weighted by Crippen LogP contribution is -2.53. The van der Waals surface area contributed by atoms with Crippen LogP contribution in [0.15, 0.2) is 42.5 Å². The first kappa shape index (κ1) is 36.9. The lowest BCUT2D eigenvalue weighted by Gasteiger charge is -2.35. The lowest BCUT2D eigenvalue weighted by molar-refractivity contribution is -0.141. The number of primary amides is 1. The fraction of sp³-hybridized carbons (Fsp3) is 0.500. The van der Waals surface area contributed by atoms with Crippen molar-refractivity contribution in [3.05, 3.63) is 64.7 Å². The zero-order valence-corrected chi connectivity index (χ0v) is 27.7. The molecular weight excluding hydrogens is 568 g/mol. The van der Waals surface area contributed by atoms with Crippen LogP contribution in [0.4, 0.5) is 10.5 Å². The number of unbranched alkanes of at least 4 members (excludes halogenated alkanes) is 5. The first-order valence-electron chi connectivity index (χ1n) is 15.8. The predicted molar refractivity (Wildman–Crippen MR) is 178 cm³/mol. The van der Waals surface area contributed by atoms with Gasteiger partial charge in [0.25, 0.3) is 5.91 Å². The van der Waals surface area contributed by atoms with Crippen molar-refractivity contribution < 1.29 is 23.9 Å². The fourth-order valence-corrected chi connectivity index (χ4v) is 5.14. The van der Waals surface area contributed by atoms with Crippen molar-refractivity contribution in [2.45, 2.75) is 111 Å². The number of anilines is 1. The molecule has 45 heavy (non-hydrogen) atoms. The minimum absolute atomic E-state index is 0.0670. The van der Waals surface area contributed by atoms with E-state index in [-0.39, 0.29) is 19.4 Å². The standard InChI is InChI=1S/C36H50N4O5/c1-8-10-11-12-13-16-24-40(34(43)29(22-23-30(37)41)38-35(44)45-36(5,6)7)32(28-21-15-14-20-27(28)9-2)33(42)39-31-25(3)18-17-19-26(31)4/h2,14-15,17-21,29,32H,8,10-13,16,22-24H2,1,3-7H3,(H2,37,41)(H,38,44)(H,39,42). The van der Waals surface area contributed by atoms with E-state index < -0.39 is 41.5 Å². The number of nitrogens with one attached hydrogen (secondary N) is 2. The Bertz CT molecular complexity index is 1340. The highest BCUT2D eigenvalue weighted by Gasteiger charge is 2.37. The van der Waals surface area contributed by atoms with Crippen molar-refractivity contribution in [2.75, 3.05) is 11.9 Å². The van der Waals surface area contributed by atoms with Crippen molar-refractivity contribution in [1.29, 1.82) is 0 Å². The third-order valence-corrected chi connectivity index (χ3v) is 7.40. The van der Waals surface area contributed by atoms with Gasteiger partial charge in [-0.15, -0.1) is 6.42 Å². The Kier molecular flexibility index (Phi) is 14.6. The van der Waals surface area contributed by atoms with Crippen LogP contribution in [0.5, 0.6) is 0 Å². The maximum absolute atomic E-state index is 14.5. The van der Waals surface area contributed by atoms with Gasteiger partial charge in [0.05, 0.1) is 0 Å². The zero-order chi connectivity index (χ0) is 33.6. The number of nitrogens with zero attached hydrogens (tertiary/aromatic N) is 1. The Morgan fingerprint density at radius 2 is 1.58 bits per heavy atom. The summed E-state index contributed by atoms with van der Waals surface area (Å²) in [6.45, 7) is 11.3. The van der Waals surface area contributed by atoms with Crippen molar-refractivity contribution in [3.63, 3.8) is 0 Å². The van der Waals surface area contributed by atoms with Crippen molar-refractivity contribution >= 4 is 29.5 Å². The SMILES string of the molecule is C#Cc1ccccc1C(C(=O)Nc1c(C)cccc1C)N(CCCCCCCC)C(=O)C(CCC(N)=O)NC(=O)OC(C)(C)C. The van der Waals surface area contributed by atoms with Gasteiger partial charge in [0.15, 0.2) is 0 Å². The van der Waals surface area contributed by atoms with Gasteiger partial charge in [0, 0.05) is 24.2 Å². The zero-order valence-electron chi connectivity index (χ0n) is 27.7. The molecule has 2 aromatic carbocycles. The number of rotatable bonds is 16. The molecule has 4 amide bonds. The number of amides is 4. The molecule has 0 fully saturated rings. The van der Waals surface area contributed by atoms with Crippen LogP contribution >= 0.6 is 0 Å². The monoisotopic (exact) mass is 618 g/mol. The summed E-state index contributed by atoms with van der Waals surface area (Å²) in [5.74, 6) is 1.06. The van der Waals surface area contributed by atoms with E-state index >= 15 is 0 Å². The quantitative estimate of drug-likeness (QED) is 0.150. The minimum Gasteiger partial charge on any atom is -0.444 e. The Morgan fingerprint density at radius 1 is 0.956 bits per heavy atom. The third-order valence-electron chi connectivity index (χ3n) is 7.40. The molecule has 0 aliphatic rings. The highest BCUT2D eigenvalue weighted by Crippen LogP contribution is 2.30. The Labute approximate surface area is 268 Å². The highest BCUT2D eigenvalue weighted by molar-refractivity contribution is 6.00. The van der Waals surface area contributed by atoms with Crippen LogP contribution in [-0.4, -0.2) is 46.9 Å². The first-order valence-corrected chi connectivity index (χ1v) is 15.8. The van der Waals surface area contributed by atoms with E-state index in [9.17, 15) is 19.2 Å². The minimum atomic E-state index is -1.18. The molecule has 0 aromatic heterocycles. The number of terminal acetylenes is 1. The average Bonchev–Trinajstić information content (AvgIpc) is 2.97. The number of hydrogen-bond donors (Lipinski definition) is 3. The van der Waals surface area contributed by atoms with Gasteiger partial charge in [-0.1, -0.05) is 81.3 Å². The number of carbonyl (C=O) groups excluding carboxylic acids is 4. The molecule has 2 rings (SSSR count). The number of nitrogens with two attached hydrogens (primary N) is 1. The van der Waals surface area contributed by atoms with E-state index in [1.165, 1.54) is 4.90 Å². The van der Waals surface area contributed by atoms with Crippen molar-refractivity contribution in [3.8, 4) is 12.3 Å². The van der Waals surface area contributed by atoms with Crippen LogP contribution in [0.3, 0.4) is 0 Å². The van der Waals surface area contributed by atoms with Crippen LogP contribution in [0.25, 0.3) is 0 Å². The van der Waals surface area contributed by atoms with Gasteiger partial charge in [-0.25, -0.2) is 4.79 Å². The summed E-state index contributed by atoms with van der Waals surface area (Å²) in [6, 6.07) is 10.4. The number of hydrogen-bond acceptors (Lipinski definition) is 5. The van der Waals surface area contributed by atoms with E-state index in [1.54, 1.807) is 45.0 Å². The van der Waals surface area contributed by atoms with Gasteiger partial charge in [-0.3, -0.25) is 14.4 Å². The van der Waals surface area contributed by atoms with E-state index in [2.05, 4.69) is 23.5 Å². The van der Waals surface area contributed by atoms with Crippen LogP contribution in [0.1, 0.15) is 107 Å². The molecule has 2 unspecified atom stereocenters. The van der Waals surface area contributed by atoms with Gasteiger partial charge in [0.1, 0.15) is 17.7 Å². The molecule has 2 aromatic rings. The second kappa shape index (κ2) is 17.8. The maximum Gasteiger partial charge on any atom is 0.408 e. The molecule has 0 saturated carbocycles. The molecule has 0 aliphatic carbocycles. The molecule has 2 atom stereocenters. The third kappa shape index (κ3) is 11.9. The summed E-state index contributed by atoms with van der Waals surface area (Å²) < 4.78 is 5.43. The number of ether oxygens (including phenoxy) is 1. The summed E-state index contributed by atoms with van der Waals surface area (Å²) in [5, 5.41) is 5.69. The summed E-state index contributed by atoms with van der Waals surface area (Å²) in [7, 11) is 0. The summed E-state index contributed by atoms with van der Waals surface area (Å²) >= 11 is 0. The number of benzene rings is 2. The van der Waals surface area contributed by atoms with Crippen molar-refractivity contribution in [2.24, 2.45) is 5.73 Å². The number of aryl methyl sites for hydroxylation is 2. The lowest BCUT2D eigenvalue weighted by atomic mass is 9.96. The number of para-hydroxylation sites is 1. The molecule has 9 heteroatoms. The number of carbonyl (C=O) groups is 4. The first-order chi connectivity index (χ1) is 21.3. The molecule has 0 heterocycles. The summed E-state index contributed by atoms with van der Waals surface area (Å²) in [6.07, 6.45) is 10.6. The van der Waals surface area contributed by atoms with Crippen LogP contribution in [0.2, 0.25) is 0 Å². The van der Waals surface area contributed by atoms with E-state index in [4.69, 9.17) is 16.9 Å². The van der Waals surface area contributed by atoms with Crippen LogP contribution in [-0.2, 0) is 19.1 Å². The second-order valence-electron chi connectivity index (χ2n) is 12.4. The Morgan fingerprint density at radius 3 is 2.18 bits per heavy atom. The van der Waals surface area contributed by atoms with Crippen molar-refractivity contribution in [1.82, 2.24) is 10.2 Å². The Hall–Kier alpha value is -4.32. The molecule has 9 nitrogen and oxygen atoms in total. The fourth-order valence-electron chi connectivity index (χ4n) is 5.14. The van der Waals surface area contributed by atoms with Crippen LogP contribution in [0, 0.1) is 26.2 Å². The second-order valence-corrected chi connectivity index (χ2v) is 12.4. The molecular formula is C36H50N4O5. The van der Waals surface area contributed by atoms with Crippen LogP contribution < -0.4 is 16.4 Å². The largest absolute Gasteiger partial charge is 0.444 e. The molecule has 0 aliphatic heterocycles. The molecule has 0 spiro atoms. The molecule has 0 saturated heterocycles. The van der Waals surface area contributed by atoms with Gasteiger partial charge in [-0.2, -0.15) is 0 Å². The summed E-state index contributed by atoms with van der Waals surface area (Å²) in [5.41, 5.74) is 7.95. The molecule has 0 bridgehead atoms.